The third-order valence-electron chi connectivity index (χ3n) is 6.05. The Hall–Kier alpha value is -3.55. The maximum Gasteiger partial charge on any atom is 0.289 e. The lowest BCUT2D eigenvalue weighted by Crippen LogP contribution is -2.56. The molecule has 2 amide bonds. The molecular weight excluding hydrogens is 394 g/mol. The number of nitrogens with one attached hydrogen (secondary N) is 1. The topological polar surface area (TPSA) is 83.6 Å². The number of hydrogen-bond donors (Lipinski definition) is 1. The zero-order chi connectivity index (χ0) is 21.6. The summed E-state index contributed by atoms with van der Waals surface area (Å²) in [5.41, 5.74) is 1.39. The molecule has 2 aliphatic rings. The van der Waals surface area contributed by atoms with Crippen LogP contribution in [0.2, 0.25) is 0 Å². The Morgan fingerprint density at radius 1 is 1.23 bits per heavy atom. The van der Waals surface area contributed by atoms with Crippen LogP contribution in [0.1, 0.15) is 36.5 Å². The van der Waals surface area contributed by atoms with Crippen LogP contribution in [0.3, 0.4) is 0 Å². The number of hydrogen-bond acceptors (Lipinski definition) is 5. The van der Waals surface area contributed by atoms with Gasteiger partial charge >= 0.3 is 0 Å². The van der Waals surface area contributed by atoms with E-state index < -0.39 is 5.54 Å². The molecule has 8 heteroatoms. The summed E-state index contributed by atoms with van der Waals surface area (Å²) in [5, 5.41) is 3.00. The van der Waals surface area contributed by atoms with Gasteiger partial charge in [0, 0.05) is 25.0 Å². The van der Waals surface area contributed by atoms with Crippen molar-refractivity contribution in [2.75, 3.05) is 24.5 Å². The van der Waals surface area contributed by atoms with Crippen LogP contribution in [-0.4, -0.2) is 51.9 Å². The van der Waals surface area contributed by atoms with E-state index in [1.165, 1.54) is 6.26 Å². The van der Waals surface area contributed by atoms with Gasteiger partial charge in [0.05, 0.1) is 30.7 Å². The number of likely N-dealkylation sites (tertiary alicyclic amines) is 1. The second-order valence-corrected chi connectivity index (χ2v) is 8.40. The molecule has 160 valence electrons. The highest BCUT2D eigenvalue weighted by Crippen LogP contribution is 2.47. The second kappa shape index (κ2) is 7.30. The normalized spacial score (nSPS) is 19.6. The van der Waals surface area contributed by atoms with Gasteiger partial charge in [-0.1, -0.05) is 0 Å². The molecule has 3 aromatic heterocycles. The van der Waals surface area contributed by atoms with Crippen molar-refractivity contribution in [3.05, 3.63) is 66.5 Å². The lowest BCUT2D eigenvalue weighted by atomic mass is 9.88. The van der Waals surface area contributed by atoms with E-state index >= 15 is 0 Å². The first kappa shape index (κ1) is 19.4. The molecule has 0 radical (unpaired) electrons. The van der Waals surface area contributed by atoms with Gasteiger partial charge in [-0.3, -0.25) is 9.59 Å². The molecule has 1 N–H and O–H groups in total. The number of fused-ring (bicyclic) bond motifs is 4. The van der Waals surface area contributed by atoms with Crippen molar-refractivity contribution >= 4 is 17.5 Å². The largest absolute Gasteiger partial charge is 0.459 e. The highest BCUT2D eigenvalue weighted by molar-refractivity contribution is 5.92. The number of rotatable bonds is 4. The summed E-state index contributed by atoms with van der Waals surface area (Å²) >= 11 is 0. The van der Waals surface area contributed by atoms with Gasteiger partial charge in [0.1, 0.15) is 5.54 Å². The molecule has 1 saturated heterocycles. The van der Waals surface area contributed by atoms with Gasteiger partial charge in [-0.05, 0) is 56.7 Å². The van der Waals surface area contributed by atoms with Crippen LogP contribution in [0.5, 0.6) is 0 Å². The maximum absolute atomic E-state index is 13.0. The summed E-state index contributed by atoms with van der Waals surface area (Å²) in [6, 6.07) is 11.4. The van der Waals surface area contributed by atoms with E-state index in [9.17, 15) is 9.59 Å². The van der Waals surface area contributed by atoms with Gasteiger partial charge < -0.3 is 24.1 Å². The predicted octanol–water partition coefficient (Wildman–Crippen LogP) is 2.55. The number of amides is 2. The number of furan rings is 1. The molecule has 5 heterocycles. The lowest BCUT2D eigenvalue weighted by molar-refractivity contribution is -0.120. The molecule has 0 aromatic carbocycles. The Bertz CT molecular complexity index is 1120. The fourth-order valence-corrected chi connectivity index (χ4v) is 4.80. The average molecular weight is 419 g/mol. The van der Waals surface area contributed by atoms with E-state index in [0.29, 0.717) is 25.3 Å². The zero-order valence-corrected chi connectivity index (χ0v) is 17.6. The van der Waals surface area contributed by atoms with Crippen molar-refractivity contribution in [1.82, 2.24) is 19.8 Å². The van der Waals surface area contributed by atoms with Gasteiger partial charge in [0.2, 0.25) is 5.91 Å². The van der Waals surface area contributed by atoms with Crippen LogP contribution in [0, 0.1) is 0 Å². The molecule has 0 saturated carbocycles. The van der Waals surface area contributed by atoms with Crippen molar-refractivity contribution in [2.45, 2.75) is 31.8 Å². The predicted molar refractivity (Wildman–Crippen MR) is 115 cm³/mol. The number of nitrogens with zero attached hydrogens (tertiary/aromatic N) is 4. The Morgan fingerprint density at radius 3 is 2.87 bits per heavy atom. The minimum absolute atomic E-state index is 0.0473. The van der Waals surface area contributed by atoms with Gasteiger partial charge in [-0.2, -0.15) is 0 Å². The molecule has 31 heavy (non-hydrogen) atoms. The quantitative estimate of drug-likeness (QED) is 0.703. The zero-order valence-electron chi connectivity index (χ0n) is 17.6. The fraction of sp³-hybridized carbons (Fsp3) is 0.348. The average Bonchev–Trinajstić information content (AvgIpc) is 3.51. The van der Waals surface area contributed by atoms with Crippen LogP contribution in [-0.2, 0) is 10.3 Å². The number of aromatic nitrogens is 2. The van der Waals surface area contributed by atoms with Gasteiger partial charge in [-0.15, -0.1) is 0 Å². The first-order valence-electron chi connectivity index (χ1n) is 10.5. The van der Waals surface area contributed by atoms with Crippen molar-refractivity contribution < 1.29 is 14.0 Å². The van der Waals surface area contributed by atoms with Crippen LogP contribution < -0.4 is 10.2 Å². The standard InChI is InChI=1S/C23H25N5O3/c1-16(2)25-20(29)14-28-17-6-3-10-24-21(17)27-11-4-8-19(27)23(28)9-12-26(15-23)22(30)18-7-5-13-31-18/h3-8,10-11,13,16H,9,12,14-15H2,1-2H3,(H,25,29)/t23-/m0/s1. The highest BCUT2D eigenvalue weighted by atomic mass is 16.3. The summed E-state index contributed by atoms with van der Waals surface area (Å²) in [7, 11) is 0. The Kier molecular flexibility index (Phi) is 4.57. The number of anilines is 1. The van der Waals surface area contributed by atoms with E-state index in [4.69, 9.17) is 4.42 Å². The second-order valence-electron chi connectivity index (χ2n) is 8.40. The van der Waals surface area contributed by atoms with Crippen LogP contribution in [0.4, 0.5) is 5.69 Å². The van der Waals surface area contributed by atoms with Crippen LogP contribution in [0.25, 0.3) is 5.82 Å². The molecular formula is C23H25N5O3. The third kappa shape index (κ3) is 3.10. The Labute approximate surface area is 180 Å². The summed E-state index contributed by atoms with van der Waals surface area (Å²) in [4.78, 5) is 34.4. The molecule has 1 spiro atoms. The molecule has 0 aliphatic carbocycles. The molecule has 0 unspecified atom stereocenters. The SMILES string of the molecule is CC(C)NC(=O)CN1c2cccnc2-n2cccc2[C@@]12CCN(C(=O)c1ccco1)C2. The number of carbonyl (C=O) groups is 2. The molecule has 5 rings (SSSR count). The van der Waals surface area contributed by atoms with Gasteiger partial charge in [0.25, 0.3) is 5.91 Å². The molecule has 3 aromatic rings. The van der Waals surface area contributed by atoms with E-state index in [1.807, 2.05) is 43.1 Å². The van der Waals surface area contributed by atoms with Crippen molar-refractivity contribution in [1.29, 1.82) is 0 Å². The van der Waals surface area contributed by atoms with Crippen molar-refractivity contribution in [3.63, 3.8) is 0 Å². The first-order valence-corrected chi connectivity index (χ1v) is 10.5. The van der Waals surface area contributed by atoms with Crippen molar-refractivity contribution in [3.8, 4) is 5.82 Å². The van der Waals surface area contributed by atoms with Gasteiger partial charge in [-0.25, -0.2) is 4.98 Å². The minimum atomic E-state index is -0.532. The lowest BCUT2D eigenvalue weighted by Gasteiger charge is -2.46. The monoisotopic (exact) mass is 419 g/mol. The first-order chi connectivity index (χ1) is 15.0. The Balaban J connectivity index is 1.57. The van der Waals surface area contributed by atoms with Crippen molar-refractivity contribution in [2.24, 2.45) is 0 Å². The molecule has 1 atom stereocenters. The summed E-state index contributed by atoms with van der Waals surface area (Å²) in [5.74, 6) is 0.930. The van der Waals surface area contributed by atoms with E-state index in [2.05, 4.69) is 25.8 Å². The van der Waals surface area contributed by atoms with Crippen LogP contribution in [0.15, 0.2) is 59.5 Å². The number of carbonyl (C=O) groups excluding carboxylic acids is 2. The molecule has 8 nitrogen and oxygen atoms in total. The molecule has 2 aliphatic heterocycles. The van der Waals surface area contributed by atoms with Gasteiger partial charge in [0.15, 0.2) is 11.6 Å². The molecule has 0 bridgehead atoms. The Morgan fingerprint density at radius 2 is 2.10 bits per heavy atom. The summed E-state index contributed by atoms with van der Waals surface area (Å²) in [6.07, 6.45) is 5.96. The van der Waals surface area contributed by atoms with Crippen LogP contribution >= 0.6 is 0 Å². The minimum Gasteiger partial charge on any atom is -0.459 e. The third-order valence-corrected chi connectivity index (χ3v) is 6.05. The van der Waals surface area contributed by atoms with E-state index in [1.54, 1.807) is 18.3 Å². The fourth-order valence-electron chi connectivity index (χ4n) is 4.80. The maximum atomic E-state index is 13.0. The summed E-state index contributed by atoms with van der Waals surface area (Å²) in [6.45, 7) is 5.11. The van der Waals surface area contributed by atoms with E-state index in [-0.39, 0.29) is 24.4 Å². The summed E-state index contributed by atoms with van der Waals surface area (Å²) < 4.78 is 7.42. The highest BCUT2D eigenvalue weighted by Gasteiger charge is 2.51. The van der Waals surface area contributed by atoms with E-state index in [0.717, 1.165) is 17.2 Å². The number of pyridine rings is 1. The molecule has 1 fully saturated rings. The smallest absolute Gasteiger partial charge is 0.289 e.